The number of anilines is 1. The molecule has 1 fully saturated rings. The number of aromatic nitrogens is 1. The maximum Gasteiger partial charge on any atom is 0.239 e. The smallest absolute Gasteiger partial charge is 0.239 e. The average molecular weight is 238 g/mol. The molecular weight excluding hydrogens is 220 g/mol. The molecule has 2 N–H and O–H groups in total. The summed E-state index contributed by atoms with van der Waals surface area (Å²) in [6.45, 7) is 7.03. The Bertz CT molecular complexity index is 391. The van der Waals surface area contributed by atoms with Crippen molar-refractivity contribution in [2.75, 3.05) is 31.5 Å². The van der Waals surface area contributed by atoms with E-state index in [-0.39, 0.29) is 5.91 Å². The van der Waals surface area contributed by atoms with Gasteiger partial charge in [0.05, 0.1) is 6.54 Å². The molecule has 6 heteroatoms. The molecule has 0 radical (unpaired) electrons. The molecule has 0 aromatic carbocycles. The van der Waals surface area contributed by atoms with Gasteiger partial charge in [-0.25, -0.2) is 0 Å². The number of piperazine rings is 1. The summed E-state index contributed by atoms with van der Waals surface area (Å²) in [6, 6.07) is 2.14. The van der Waals surface area contributed by atoms with Crippen LogP contribution in [0.2, 0.25) is 0 Å². The minimum atomic E-state index is -0.0487. The first-order valence-corrected chi connectivity index (χ1v) is 5.82. The van der Waals surface area contributed by atoms with E-state index >= 15 is 0 Å². The first-order valence-electron chi connectivity index (χ1n) is 5.82. The number of amides is 1. The summed E-state index contributed by atoms with van der Waals surface area (Å²) in [7, 11) is 0. The molecule has 1 aliphatic heterocycles. The highest BCUT2D eigenvalue weighted by Crippen LogP contribution is 2.07. The van der Waals surface area contributed by atoms with E-state index in [1.165, 1.54) is 0 Å². The van der Waals surface area contributed by atoms with E-state index < -0.39 is 0 Å². The molecular formula is C11H18N4O2. The summed E-state index contributed by atoms with van der Waals surface area (Å²) in [5, 5.41) is 9.78. The van der Waals surface area contributed by atoms with Crippen LogP contribution < -0.4 is 10.6 Å². The van der Waals surface area contributed by atoms with Crippen LogP contribution in [0.15, 0.2) is 10.6 Å². The van der Waals surface area contributed by atoms with Crippen molar-refractivity contribution >= 4 is 11.7 Å². The molecule has 1 atom stereocenters. The molecule has 2 heterocycles. The summed E-state index contributed by atoms with van der Waals surface area (Å²) < 4.78 is 4.88. The van der Waals surface area contributed by atoms with Crippen molar-refractivity contribution in [3.05, 3.63) is 11.8 Å². The van der Waals surface area contributed by atoms with E-state index in [0.717, 1.165) is 19.6 Å². The summed E-state index contributed by atoms with van der Waals surface area (Å²) in [6.07, 6.45) is 0. The van der Waals surface area contributed by atoms with Crippen molar-refractivity contribution in [3.8, 4) is 0 Å². The lowest BCUT2D eigenvalue weighted by atomic mass is 10.2. The molecule has 17 heavy (non-hydrogen) atoms. The van der Waals surface area contributed by atoms with Crippen LogP contribution in [0.4, 0.5) is 5.82 Å². The van der Waals surface area contributed by atoms with Gasteiger partial charge in [-0.1, -0.05) is 5.16 Å². The molecule has 0 saturated carbocycles. The summed E-state index contributed by atoms with van der Waals surface area (Å²) in [5.74, 6) is 1.12. The quantitative estimate of drug-likeness (QED) is 0.788. The zero-order valence-corrected chi connectivity index (χ0v) is 10.2. The average Bonchev–Trinajstić information content (AvgIpc) is 2.63. The van der Waals surface area contributed by atoms with Gasteiger partial charge in [-0.3, -0.25) is 9.69 Å². The molecule has 1 unspecified atom stereocenters. The second-order valence-corrected chi connectivity index (χ2v) is 4.46. The van der Waals surface area contributed by atoms with Crippen molar-refractivity contribution in [3.63, 3.8) is 0 Å². The second-order valence-electron chi connectivity index (χ2n) is 4.46. The van der Waals surface area contributed by atoms with Gasteiger partial charge in [0, 0.05) is 31.7 Å². The SMILES string of the molecule is Cc1cc(NC(=O)CN2CCNC(C)C2)no1. The molecule has 1 saturated heterocycles. The Balaban J connectivity index is 1.80. The Kier molecular flexibility index (Phi) is 3.75. The highest BCUT2D eigenvalue weighted by atomic mass is 16.5. The largest absolute Gasteiger partial charge is 0.360 e. The van der Waals surface area contributed by atoms with Gasteiger partial charge in [-0.2, -0.15) is 0 Å². The lowest BCUT2D eigenvalue weighted by Gasteiger charge is -2.31. The first kappa shape index (κ1) is 12.1. The van der Waals surface area contributed by atoms with Crippen molar-refractivity contribution < 1.29 is 9.32 Å². The number of carbonyl (C=O) groups is 1. The number of nitrogens with one attached hydrogen (secondary N) is 2. The van der Waals surface area contributed by atoms with Gasteiger partial charge < -0.3 is 15.2 Å². The number of nitrogens with zero attached hydrogens (tertiary/aromatic N) is 2. The van der Waals surface area contributed by atoms with Gasteiger partial charge in [0.2, 0.25) is 5.91 Å². The summed E-state index contributed by atoms with van der Waals surface area (Å²) >= 11 is 0. The van der Waals surface area contributed by atoms with Crippen LogP contribution in [0, 0.1) is 6.92 Å². The monoisotopic (exact) mass is 238 g/mol. The molecule has 1 amide bonds. The van der Waals surface area contributed by atoms with Crippen LogP contribution >= 0.6 is 0 Å². The van der Waals surface area contributed by atoms with Gasteiger partial charge in [0.25, 0.3) is 0 Å². The van der Waals surface area contributed by atoms with Gasteiger partial charge in [0.15, 0.2) is 5.82 Å². The van der Waals surface area contributed by atoms with E-state index in [1.54, 1.807) is 13.0 Å². The van der Waals surface area contributed by atoms with Gasteiger partial charge in [-0.15, -0.1) is 0 Å². The Morgan fingerprint density at radius 2 is 2.59 bits per heavy atom. The van der Waals surface area contributed by atoms with Crippen molar-refractivity contribution in [1.29, 1.82) is 0 Å². The van der Waals surface area contributed by atoms with Crippen molar-refractivity contribution in [2.24, 2.45) is 0 Å². The number of aryl methyl sites for hydroxylation is 1. The third-order valence-electron chi connectivity index (χ3n) is 2.72. The van der Waals surface area contributed by atoms with Crippen LogP contribution in [0.25, 0.3) is 0 Å². The molecule has 0 aliphatic carbocycles. The molecule has 1 aromatic heterocycles. The predicted octanol–water partition coefficient (Wildman–Crippen LogP) is 0.215. The maximum absolute atomic E-state index is 11.7. The minimum Gasteiger partial charge on any atom is -0.360 e. The maximum atomic E-state index is 11.7. The normalized spacial score (nSPS) is 21.4. The molecule has 1 aromatic rings. The van der Waals surface area contributed by atoms with E-state index in [2.05, 4.69) is 27.6 Å². The van der Waals surface area contributed by atoms with Crippen molar-refractivity contribution in [2.45, 2.75) is 19.9 Å². The topological polar surface area (TPSA) is 70.4 Å². The van der Waals surface area contributed by atoms with Gasteiger partial charge >= 0.3 is 0 Å². The van der Waals surface area contributed by atoms with E-state index in [4.69, 9.17) is 4.52 Å². The number of carbonyl (C=O) groups excluding carboxylic acids is 1. The Morgan fingerprint density at radius 1 is 1.76 bits per heavy atom. The molecule has 2 rings (SSSR count). The highest BCUT2D eigenvalue weighted by Gasteiger charge is 2.18. The Hall–Kier alpha value is -1.40. The zero-order valence-electron chi connectivity index (χ0n) is 10.2. The molecule has 0 spiro atoms. The number of hydrogen-bond donors (Lipinski definition) is 2. The summed E-state index contributed by atoms with van der Waals surface area (Å²) in [4.78, 5) is 13.9. The highest BCUT2D eigenvalue weighted by molar-refractivity contribution is 5.91. The lowest BCUT2D eigenvalue weighted by molar-refractivity contribution is -0.117. The van der Waals surface area contributed by atoms with E-state index in [0.29, 0.717) is 24.2 Å². The Morgan fingerprint density at radius 3 is 3.24 bits per heavy atom. The molecule has 6 nitrogen and oxygen atoms in total. The number of hydrogen-bond acceptors (Lipinski definition) is 5. The van der Waals surface area contributed by atoms with Crippen LogP contribution in [0.3, 0.4) is 0 Å². The third kappa shape index (κ3) is 3.54. The summed E-state index contributed by atoms with van der Waals surface area (Å²) in [5.41, 5.74) is 0. The minimum absolute atomic E-state index is 0.0487. The number of rotatable bonds is 3. The lowest BCUT2D eigenvalue weighted by Crippen LogP contribution is -2.51. The Labute approximate surface area is 100 Å². The van der Waals surface area contributed by atoms with Crippen molar-refractivity contribution in [1.82, 2.24) is 15.4 Å². The fourth-order valence-electron chi connectivity index (χ4n) is 1.97. The fourth-order valence-corrected chi connectivity index (χ4v) is 1.97. The van der Waals surface area contributed by atoms with Crippen LogP contribution in [0.5, 0.6) is 0 Å². The third-order valence-corrected chi connectivity index (χ3v) is 2.72. The first-order chi connectivity index (χ1) is 8.13. The van der Waals surface area contributed by atoms with Crippen LogP contribution in [0.1, 0.15) is 12.7 Å². The fraction of sp³-hybridized carbons (Fsp3) is 0.636. The molecule has 94 valence electrons. The molecule has 1 aliphatic rings. The standard InChI is InChI=1S/C11H18N4O2/c1-8-6-15(4-3-12-8)7-11(16)13-10-5-9(2)17-14-10/h5,8,12H,3-4,6-7H2,1-2H3,(H,13,14,16). The van der Waals surface area contributed by atoms with E-state index in [1.807, 2.05) is 0 Å². The van der Waals surface area contributed by atoms with Gasteiger partial charge in [0.1, 0.15) is 5.76 Å². The zero-order chi connectivity index (χ0) is 12.3. The second kappa shape index (κ2) is 5.29. The van der Waals surface area contributed by atoms with Crippen LogP contribution in [-0.2, 0) is 4.79 Å². The predicted molar refractivity (Wildman–Crippen MR) is 63.8 cm³/mol. The van der Waals surface area contributed by atoms with E-state index in [9.17, 15) is 4.79 Å². The van der Waals surface area contributed by atoms with Crippen LogP contribution in [-0.4, -0.2) is 48.2 Å². The molecule has 0 bridgehead atoms. The van der Waals surface area contributed by atoms with Gasteiger partial charge in [-0.05, 0) is 13.8 Å².